The minimum Gasteiger partial charge on any atom is -0.389 e. The third-order valence-corrected chi connectivity index (χ3v) is 2.61. The number of hydrogen-bond acceptors (Lipinski definition) is 2. The van der Waals surface area contributed by atoms with Crippen LogP contribution in [0.2, 0.25) is 0 Å². The Balaban J connectivity index is 2.71. The van der Waals surface area contributed by atoms with Gasteiger partial charge < -0.3 is 10.4 Å². The summed E-state index contributed by atoms with van der Waals surface area (Å²) in [6.07, 6.45) is 0. The van der Waals surface area contributed by atoms with Gasteiger partial charge in [-0.05, 0) is 41.9 Å². The van der Waals surface area contributed by atoms with E-state index < -0.39 is 17.2 Å². The topological polar surface area (TPSA) is 32.3 Å². The highest BCUT2D eigenvalue weighted by atomic mass is 79.9. The Morgan fingerprint density at radius 2 is 2.00 bits per heavy atom. The van der Waals surface area contributed by atoms with Crippen molar-refractivity contribution in [3.05, 3.63) is 33.8 Å². The van der Waals surface area contributed by atoms with Crippen molar-refractivity contribution in [1.82, 2.24) is 5.32 Å². The first-order valence-corrected chi connectivity index (χ1v) is 5.66. The van der Waals surface area contributed by atoms with Gasteiger partial charge in [0.25, 0.3) is 0 Å². The number of aliphatic hydroxyl groups is 1. The van der Waals surface area contributed by atoms with E-state index in [2.05, 4.69) is 21.2 Å². The second-order valence-electron chi connectivity index (χ2n) is 4.24. The van der Waals surface area contributed by atoms with Crippen LogP contribution in [0.25, 0.3) is 0 Å². The molecule has 0 atom stereocenters. The summed E-state index contributed by atoms with van der Waals surface area (Å²) >= 11 is 2.99. The van der Waals surface area contributed by atoms with Gasteiger partial charge in [0.05, 0.1) is 10.1 Å². The van der Waals surface area contributed by atoms with Crippen molar-refractivity contribution < 1.29 is 13.9 Å². The molecule has 0 saturated carbocycles. The van der Waals surface area contributed by atoms with E-state index in [1.165, 1.54) is 12.1 Å². The number of nitrogens with one attached hydrogen (secondary N) is 1. The highest BCUT2D eigenvalue weighted by Gasteiger charge is 2.15. The van der Waals surface area contributed by atoms with Gasteiger partial charge in [-0.2, -0.15) is 0 Å². The Morgan fingerprint density at radius 1 is 1.38 bits per heavy atom. The third kappa shape index (κ3) is 3.81. The van der Waals surface area contributed by atoms with Crippen LogP contribution >= 0.6 is 15.9 Å². The molecular weight excluding hydrogens is 280 g/mol. The summed E-state index contributed by atoms with van der Waals surface area (Å²) in [6.45, 7) is 3.54. The lowest BCUT2D eigenvalue weighted by molar-refractivity contribution is 0.0793. The molecule has 0 saturated heterocycles. The Hall–Kier alpha value is -0.520. The maximum atomic E-state index is 13.5. The number of halogens is 3. The first-order chi connectivity index (χ1) is 7.31. The molecule has 0 aliphatic rings. The minimum absolute atomic E-state index is 0.0291. The maximum Gasteiger partial charge on any atom is 0.144 e. The molecular formula is C11H14BrF2NO. The molecule has 2 N–H and O–H groups in total. The zero-order valence-corrected chi connectivity index (χ0v) is 10.7. The molecule has 1 aromatic carbocycles. The molecule has 0 aliphatic heterocycles. The third-order valence-electron chi connectivity index (χ3n) is 2.00. The van der Waals surface area contributed by atoms with Crippen molar-refractivity contribution in [2.24, 2.45) is 0 Å². The average molecular weight is 294 g/mol. The highest BCUT2D eigenvalue weighted by molar-refractivity contribution is 9.10. The van der Waals surface area contributed by atoms with E-state index in [1.807, 2.05) is 0 Å². The highest BCUT2D eigenvalue weighted by Crippen LogP contribution is 2.21. The molecule has 0 amide bonds. The molecule has 2 nitrogen and oxygen atoms in total. The Bertz CT molecular complexity index is 377. The quantitative estimate of drug-likeness (QED) is 0.837. The van der Waals surface area contributed by atoms with Gasteiger partial charge in [0.15, 0.2) is 0 Å². The first-order valence-electron chi connectivity index (χ1n) is 4.87. The van der Waals surface area contributed by atoms with E-state index in [4.69, 9.17) is 0 Å². The van der Waals surface area contributed by atoms with Crippen molar-refractivity contribution in [3.8, 4) is 0 Å². The summed E-state index contributed by atoms with van der Waals surface area (Å²) in [4.78, 5) is 0. The molecule has 0 unspecified atom stereocenters. The largest absolute Gasteiger partial charge is 0.389 e. The molecule has 0 fully saturated rings. The normalized spacial score (nSPS) is 11.9. The maximum absolute atomic E-state index is 13.5. The van der Waals surface area contributed by atoms with Crippen LogP contribution in [0, 0.1) is 11.6 Å². The zero-order chi connectivity index (χ0) is 12.3. The van der Waals surface area contributed by atoms with Crippen LogP contribution in [-0.2, 0) is 6.54 Å². The molecule has 0 aliphatic carbocycles. The molecule has 0 radical (unpaired) electrons. The van der Waals surface area contributed by atoms with Crippen LogP contribution in [0.5, 0.6) is 0 Å². The van der Waals surface area contributed by atoms with Crippen molar-refractivity contribution >= 4 is 15.9 Å². The fourth-order valence-corrected chi connectivity index (χ4v) is 1.60. The van der Waals surface area contributed by atoms with Gasteiger partial charge in [0.1, 0.15) is 11.6 Å². The molecule has 0 bridgehead atoms. The lowest BCUT2D eigenvalue weighted by Gasteiger charge is -2.18. The Labute approximate surface area is 102 Å². The van der Waals surface area contributed by atoms with Crippen LogP contribution in [0.1, 0.15) is 19.4 Å². The summed E-state index contributed by atoms with van der Waals surface area (Å²) in [7, 11) is 0. The Kier molecular flexibility index (Phi) is 4.41. The average Bonchev–Trinajstić information content (AvgIpc) is 2.16. The molecule has 0 aromatic heterocycles. The minimum atomic E-state index is -0.904. The van der Waals surface area contributed by atoms with E-state index in [0.717, 1.165) is 0 Å². The van der Waals surface area contributed by atoms with Crippen molar-refractivity contribution in [1.29, 1.82) is 0 Å². The van der Waals surface area contributed by atoms with Gasteiger partial charge in [-0.1, -0.05) is 0 Å². The van der Waals surface area contributed by atoms with Crippen LogP contribution in [0.15, 0.2) is 16.6 Å². The van der Waals surface area contributed by atoms with Crippen LogP contribution in [-0.4, -0.2) is 17.3 Å². The van der Waals surface area contributed by atoms with Gasteiger partial charge >= 0.3 is 0 Å². The fourth-order valence-electron chi connectivity index (χ4n) is 1.22. The van der Waals surface area contributed by atoms with Gasteiger partial charge in [-0.25, -0.2) is 8.78 Å². The van der Waals surface area contributed by atoms with Gasteiger partial charge in [0, 0.05) is 18.7 Å². The summed E-state index contributed by atoms with van der Waals surface area (Å²) in [5, 5.41) is 12.2. The first kappa shape index (κ1) is 13.5. The van der Waals surface area contributed by atoms with E-state index in [9.17, 15) is 13.9 Å². The zero-order valence-electron chi connectivity index (χ0n) is 9.15. The van der Waals surface area contributed by atoms with Crippen molar-refractivity contribution in [2.75, 3.05) is 6.54 Å². The van der Waals surface area contributed by atoms with E-state index in [0.29, 0.717) is 0 Å². The van der Waals surface area contributed by atoms with Gasteiger partial charge in [-0.3, -0.25) is 0 Å². The van der Waals surface area contributed by atoms with Crippen LogP contribution < -0.4 is 5.32 Å². The smallest absolute Gasteiger partial charge is 0.144 e. The SMILES string of the molecule is CC(C)(O)CNCc1c(F)ccc(Br)c1F. The van der Waals surface area contributed by atoms with Gasteiger partial charge in [-0.15, -0.1) is 0 Å². The number of benzene rings is 1. The van der Waals surface area contributed by atoms with E-state index in [1.54, 1.807) is 13.8 Å². The predicted molar refractivity (Wildman–Crippen MR) is 62.1 cm³/mol. The Morgan fingerprint density at radius 3 is 2.56 bits per heavy atom. The fraction of sp³-hybridized carbons (Fsp3) is 0.455. The molecule has 1 rings (SSSR count). The summed E-state index contributed by atoms with van der Waals surface area (Å²) in [6, 6.07) is 2.53. The lowest BCUT2D eigenvalue weighted by atomic mass is 10.1. The summed E-state index contributed by atoms with van der Waals surface area (Å²) < 4.78 is 27.0. The van der Waals surface area contributed by atoms with Crippen molar-refractivity contribution in [2.45, 2.75) is 26.0 Å². The summed E-state index contributed by atoms with van der Waals surface area (Å²) in [5.41, 5.74) is -0.933. The lowest BCUT2D eigenvalue weighted by Crippen LogP contribution is -2.34. The number of hydrogen-bond donors (Lipinski definition) is 2. The van der Waals surface area contributed by atoms with Crippen LogP contribution in [0.3, 0.4) is 0 Å². The second kappa shape index (κ2) is 5.21. The number of rotatable bonds is 4. The standard InChI is InChI=1S/C11H14BrF2NO/c1-11(2,16)6-15-5-7-9(13)4-3-8(12)10(7)14/h3-4,15-16H,5-6H2,1-2H3. The summed E-state index contributed by atoms with van der Waals surface area (Å²) in [5.74, 6) is -1.20. The molecule has 1 aromatic rings. The van der Waals surface area contributed by atoms with E-state index in [-0.39, 0.29) is 23.1 Å². The monoisotopic (exact) mass is 293 g/mol. The molecule has 90 valence electrons. The second-order valence-corrected chi connectivity index (χ2v) is 5.09. The van der Waals surface area contributed by atoms with Crippen LogP contribution in [0.4, 0.5) is 8.78 Å². The molecule has 5 heteroatoms. The van der Waals surface area contributed by atoms with Crippen molar-refractivity contribution in [3.63, 3.8) is 0 Å². The molecule has 0 heterocycles. The predicted octanol–water partition coefficient (Wildman–Crippen LogP) is 2.59. The van der Waals surface area contributed by atoms with E-state index >= 15 is 0 Å². The van der Waals surface area contributed by atoms with Gasteiger partial charge in [0.2, 0.25) is 0 Å². The molecule has 0 spiro atoms. The molecule has 16 heavy (non-hydrogen) atoms.